The van der Waals surface area contributed by atoms with E-state index in [1.807, 2.05) is 36.6 Å². The first kappa shape index (κ1) is 22.2. The standard InChI is InChI=1S/C29H32N4O/c1-3-26-27(33-17-7-8-21(2)28(33)31-26)29(34)30-20-22-11-13-25(14-12-22)32-18-15-24(16-19-32)23-9-5-4-6-10-23/h4-14,17,24H,3,15-16,18-20H2,1-2H3,(H,30,34). The van der Waals surface area contributed by atoms with Crippen LogP contribution in [-0.4, -0.2) is 28.4 Å². The van der Waals surface area contributed by atoms with Crippen LogP contribution in [0.4, 0.5) is 5.69 Å². The molecule has 1 aliphatic rings. The highest BCUT2D eigenvalue weighted by atomic mass is 16.1. The van der Waals surface area contributed by atoms with Gasteiger partial charge in [0.25, 0.3) is 5.91 Å². The molecular weight excluding hydrogens is 420 g/mol. The molecule has 0 spiro atoms. The van der Waals surface area contributed by atoms with Crippen molar-refractivity contribution in [1.29, 1.82) is 0 Å². The van der Waals surface area contributed by atoms with Crippen LogP contribution in [-0.2, 0) is 13.0 Å². The van der Waals surface area contributed by atoms with E-state index in [2.05, 4.69) is 64.8 Å². The minimum Gasteiger partial charge on any atom is -0.371 e. The third-order valence-electron chi connectivity index (χ3n) is 6.99. The number of piperidine rings is 1. The van der Waals surface area contributed by atoms with Gasteiger partial charge < -0.3 is 10.2 Å². The molecule has 1 saturated heterocycles. The van der Waals surface area contributed by atoms with Crippen molar-refractivity contribution in [3.8, 4) is 0 Å². The van der Waals surface area contributed by atoms with Crippen LogP contribution in [0.1, 0.15) is 58.6 Å². The number of benzene rings is 2. The Kier molecular flexibility index (Phi) is 6.35. The molecule has 0 radical (unpaired) electrons. The summed E-state index contributed by atoms with van der Waals surface area (Å²) >= 11 is 0. The molecule has 1 N–H and O–H groups in total. The van der Waals surface area contributed by atoms with Crippen LogP contribution in [0, 0.1) is 6.92 Å². The Balaban J connectivity index is 1.21. The molecule has 0 unspecified atom stereocenters. The Morgan fingerprint density at radius 1 is 1.00 bits per heavy atom. The SMILES string of the molecule is CCc1nc2c(C)cccn2c1C(=O)NCc1ccc(N2CCC(c3ccccc3)CC2)cc1. The second-order valence-electron chi connectivity index (χ2n) is 9.17. The number of nitrogens with one attached hydrogen (secondary N) is 1. The number of imidazole rings is 1. The summed E-state index contributed by atoms with van der Waals surface area (Å²) in [5, 5.41) is 3.10. The zero-order valence-electron chi connectivity index (χ0n) is 20.0. The lowest BCUT2D eigenvalue weighted by Crippen LogP contribution is -2.32. The highest BCUT2D eigenvalue weighted by molar-refractivity contribution is 5.94. The summed E-state index contributed by atoms with van der Waals surface area (Å²) in [6.45, 7) is 6.70. The van der Waals surface area contributed by atoms with Gasteiger partial charge in [0.05, 0.1) is 5.69 Å². The third-order valence-corrected chi connectivity index (χ3v) is 6.99. The van der Waals surface area contributed by atoms with Gasteiger partial charge in [-0.3, -0.25) is 9.20 Å². The van der Waals surface area contributed by atoms with Crippen molar-refractivity contribution in [1.82, 2.24) is 14.7 Å². The molecule has 0 aliphatic carbocycles. The zero-order chi connectivity index (χ0) is 23.5. The van der Waals surface area contributed by atoms with E-state index in [0.29, 0.717) is 18.2 Å². The number of aromatic nitrogens is 2. The van der Waals surface area contributed by atoms with Gasteiger partial charge in [-0.25, -0.2) is 4.98 Å². The van der Waals surface area contributed by atoms with E-state index in [1.165, 1.54) is 24.1 Å². The number of hydrogen-bond donors (Lipinski definition) is 1. The van der Waals surface area contributed by atoms with E-state index in [9.17, 15) is 4.79 Å². The maximum absolute atomic E-state index is 13.1. The van der Waals surface area contributed by atoms with Crippen molar-refractivity contribution in [2.45, 2.75) is 45.6 Å². The van der Waals surface area contributed by atoms with E-state index in [0.717, 1.165) is 42.0 Å². The first-order chi connectivity index (χ1) is 16.6. The first-order valence-electron chi connectivity index (χ1n) is 12.3. The molecule has 5 rings (SSSR count). The molecule has 0 atom stereocenters. The fourth-order valence-corrected chi connectivity index (χ4v) is 5.02. The van der Waals surface area contributed by atoms with Crippen LogP contribution in [0.3, 0.4) is 0 Å². The number of fused-ring (bicyclic) bond motifs is 1. The molecule has 2 aromatic heterocycles. The fraction of sp³-hybridized carbons (Fsp3) is 0.310. The van der Waals surface area contributed by atoms with Crippen molar-refractivity contribution >= 4 is 17.2 Å². The Labute approximate surface area is 201 Å². The predicted molar refractivity (Wildman–Crippen MR) is 138 cm³/mol. The molecule has 1 fully saturated rings. The lowest BCUT2D eigenvalue weighted by molar-refractivity contribution is 0.0944. The van der Waals surface area contributed by atoms with E-state index >= 15 is 0 Å². The van der Waals surface area contributed by atoms with Crippen LogP contribution < -0.4 is 10.2 Å². The van der Waals surface area contributed by atoms with Crippen LogP contribution in [0.25, 0.3) is 5.65 Å². The van der Waals surface area contributed by atoms with Crippen molar-refractivity contribution in [3.05, 3.63) is 101 Å². The van der Waals surface area contributed by atoms with E-state index in [-0.39, 0.29) is 5.91 Å². The zero-order valence-corrected chi connectivity index (χ0v) is 20.0. The normalized spacial score (nSPS) is 14.5. The minimum atomic E-state index is -0.0815. The summed E-state index contributed by atoms with van der Waals surface area (Å²) in [7, 11) is 0. The Hall–Kier alpha value is -3.60. The van der Waals surface area contributed by atoms with Crippen molar-refractivity contribution in [2.24, 2.45) is 0 Å². The predicted octanol–water partition coefficient (Wildman–Crippen LogP) is 5.52. The van der Waals surface area contributed by atoms with Crippen molar-refractivity contribution < 1.29 is 4.79 Å². The first-order valence-corrected chi connectivity index (χ1v) is 12.3. The third kappa shape index (κ3) is 4.43. The second-order valence-corrected chi connectivity index (χ2v) is 9.17. The van der Waals surface area contributed by atoms with Crippen LogP contribution in [0.15, 0.2) is 72.9 Å². The van der Waals surface area contributed by atoms with Crippen molar-refractivity contribution in [3.63, 3.8) is 0 Å². The number of carbonyl (C=O) groups is 1. The average molecular weight is 453 g/mol. The summed E-state index contributed by atoms with van der Waals surface area (Å²) in [6.07, 6.45) is 5.00. The van der Waals surface area contributed by atoms with E-state index in [1.54, 1.807) is 0 Å². The average Bonchev–Trinajstić information content (AvgIpc) is 3.28. The molecule has 5 nitrogen and oxygen atoms in total. The lowest BCUT2D eigenvalue weighted by Gasteiger charge is -2.34. The number of pyridine rings is 1. The quantitative estimate of drug-likeness (QED) is 0.419. The number of rotatable bonds is 6. The molecule has 4 aromatic rings. The summed E-state index contributed by atoms with van der Waals surface area (Å²) in [5.74, 6) is 0.574. The molecule has 2 aromatic carbocycles. The number of nitrogens with zero attached hydrogens (tertiary/aromatic N) is 3. The number of anilines is 1. The Morgan fingerprint density at radius 3 is 2.44 bits per heavy atom. The van der Waals surface area contributed by atoms with Gasteiger partial charge in [0.1, 0.15) is 11.3 Å². The number of carbonyl (C=O) groups excluding carboxylic acids is 1. The molecule has 174 valence electrons. The van der Waals surface area contributed by atoms with Gasteiger partial charge in [-0.2, -0.15) is 0 Å². The highest BCUT2D eigenvalue weighted by Gasteiger charge is 2.21. The van der Waals surface area contributed by atoms with Gasteiger partial charge in [-0.15, -0.1) is 0 Å². The lowest BCUT2D eigenvalue weighted by atomic mass is 9.89. The molecule has 1 amide bonds. The fourth-order valence-electron chi connectivity index (χ4n) is 5.02. The topological polar surface area (TPSA) is 49.6 Å². The van der Waals surface area contributed by atoms with Crippen LogP contribution in [0.2, 0.25) is 0 Å². The highest BCUT2D eigenvalue weighted by Crippen LogP contribution is 2.30. The number of aryl methyl sites for hydroxylation is 2. The summed E-state index contributed by atoms with van der Waals surface area (Å²) in [4.78, 5) is 20.2. The molecular formula is C29H32N4O. The summed E-state index contributed by atoms with van der Waals surface area (Å²) in [6, 6.07) is 23.5. The molecule has 3 heterocycles. The van der Waals surface area contributed by atoms with Gasteiger partial charge in [-0.05, 0) is 67.0 Å². The van der Waals surface area contributed by atoms with Gasteiger partial charge in [0.2, 0.25) is 0 Å². The second kappa shape index (κ2) is 9.72. The molecule has 1 aliphatic heterocycles. The van der Waals surface area contributed by atoms with Gasteiger partial charge in [0.15, 0.2) is 0 Å². The molecule has 0 saturated carbocycles. The monoisotopic (exact) mass is 452 g/mol. The van der Waals surface area contributed by atoms with Crippen molar-refractivity contribution in [2.75, 3.05) is 18.0 Å². The number of amides is 1. The van der Waals surface area contributed by atoms with Crippen LogP contribution in [0.5, 0.6) is 0 Å². The largest absolute Gasteiger partial charge is 0.371 e. The maximum atomic E-state index is 13.1. The molecule has 0 bridgehead atoms. The van der Waals surface area contributed by atoms with Crippen LogP contribution >= 0.6 is 0 Å². The summed E-state index contributed by atoms with van der Waals surface area (Å²) in [5.41, 5.74) is 7.21. The Morgan fingerprint density at radius 2 is 1.74 bits per heavy atom. The molecule has 34 heavy (non-hydrogen) atoms. The molecule has 5 heteroatoms. The van der Waals surface area contributed by atoms with Gasteiger partial charge >= 0.3 is 0 Å². The van der Waals surface area contributed by atoms with E-state index < -0.39 is 0 Å². The van der Waals surface area contributed by atoms with Gasteiger partial charge in [0, 0.05) is 31.5 Å². The maximum Gasteiger partial charge on any atom is 0.270 e. The number of hydrogen-bond acceptors (Lipinski definition) is 3. The summed E-state index contributed by atoms with van der Waals surface area (Å²) < 4.78 is 1.91. The van der Waals surface area contributed by atoms with Gasteiger partial charge in [-0.1, -0.05) is 55.5 Å². The Bertz CT molecular complexity index is 1270. The van der Waals surface area contributed by atoms with E-state index in [4.69, 9.17) is 4.98 Å². The smallest absolute Gasteiger partial charge is 0.270 e. The minimum absolute atomic E-state index is 0.0815.